The van der Waals surface area contributed by atoms with E-state index in [9.17, 15) is 9.59 Å². The lowest BCUT2D eigenvalue weighted by atomic mass is 9.93. The molecule has 0 aromatic heterocycles. The quantitative estimate of drug-likeness (QED) is 0.517. The number of ketones is 1. The van der Waals surface area contributed by atoms with Gasteiger partial charge in [0.25, 0.3) is 0 Å². The predicted octanol–water partition coefficient (Wildman–Crippen LogP) is 2.52. The maximum Gasteiger partial charge on any atom is 0.316 e. The highest BCUT2D eigenvalue weighted by molar-refractivity contribution is 5.99. The molecule has 1 unspecified atom stereocenters. The number of hydrogen-bond donors (Lipinski definition) is 0. The second kappa shape index (κ2) is 9.43. The van der Waals surface area contributed by atoms with Crippen molar-refractivity contribution in [2.24, 2.45) is 5.92 Å². The Morgan fingerprint density at radius 1 is 1.22 bits per heavy atom. The van der Waals surface area contributed by atoms with Crippen molar-refractivity contribution in [1.29, 1.82) is 0 Å². The number of carbonyl (C=O) groups is 2. The predicted molar refractivity (Wildman–Crippen MR) is 84.8 cm³/mol. The number of carbonyl (C=O) groups excluding carboxylic acids is 2. The summed E-state index contributed by atoms with van der Waals surface area (Å²) in [4.78, 5) is 24.6. The maximum absolute atomic E-state index is 12.5. The minimum atomic E-state index is -0.712. The first-order valence-electron chi connectivity index (χ1n) is 8.17. The highest BCUT2D eigenvalue weighted by atomic mass is 16.7. The van der Waals surface area contributed by atoms with E-state index in [4.69, 9.17) is 14.2 Å². The van der Waals surface area contributed by atoms with Gasteiger partial charge in [-0.2, -0.15) is 0 Å². The van der Waals surface area contributed by atoms with Crippen molar-refractivity contribution in [3.8, 4) is 0 Å². The minimum Gasteiger partial charge on any atom is -0.465 e. The van der Waals surface area contributed by atoms with Gasteiger partial charge in [-0.3, -0.25) is 9.59 Å². The first-order valence-corrected chi connectivity index (χ1v) is 8.17. The molecule has 0 saturated carbocycles. The lowest BCUT2D eigenvalue weighted by molar-refractivity contribution is -0.152. The fraction of sp³-hybridized carbons (Fsp3) is 0.556. The summed E-state index contributed by atoms with van der Waals surface area (Å²) in [7, 11) is 0. The molecule has 0 radical (unpaired) electrons. The smallest absolute Gasteiger partial charge is 0.316 e. The van der Waals surface area contributed by atoms with E-state index in [-0.39, 0.29) is 25.1 Å². The van der Waals surface area contributed by atoms with Crippen LogP contribution in [0.15, 0.2) is 30.3 Å². The fourth-order valence-electron chi connectivity index (χ4n) is 2.64. The fourth-order valence-corrected chi connectivity index (χ4v) is 2.64. The molecule has 1 aliphatic rings. The molecule has 126 valence electrons. The summed E-state index contributed by atoms with van der Waals surface area (Å²) in [6, 6.07) is 9.45. The van der Waals surface area contributed by atoms with Crippen molar-refractivity contribution >= 4 is 11.8 Å². The van der Waals surface area contributed by atoms with E-state index in [0.717, 1.165) is 5.56 Å². The van der Waals surface area contributed by atoms with Crippen LogP contribution in [0.25, 0.3) is 0 Å². The van der Waals surface area contributed by atoms with Gasteiger partial charge in [-0.25, -0.2) is 0 Å². The van der Waals surface area contributed by atoms with Crippen LogP contribution in [0.2, 0.25) is 0 Å². The van der Waals surface area contributed by atoms with Gasteiger partial charge >= 0.3 is 5.97 Å². The van der Waals surface area contributed by atoms with Gasteiger partial charge in [-0.05, 0) is 31.7 Å². The van der Waals surface area contributed by atoms with Crippen LogP contribution in [0.3, 0.4) is 0 Å². The van der Waals surface area contributed by atoms with Crippen LogP contribution in [-0.2, 0) is 30.2 Å². The van der Waals surface area contributed by atoms with Crippen molar-refractivity contribution < 1.29 is 23.8 Å². The van der Waals surface area contributed by atoms with Crippen LogP contribution in [-0.4, -0.2) is 37.9 Å². The summed E-state index contributed by atoms with van der Waals surface area (Å²) in [6.45, 7) is 3.25. The zero-order valence-corrected chi connectivity index (χ0v) is 13.5. The highest BCUT2D eigenvalue weighted by Gasteiger charge is 2.28. The Morgan fingerprint density at radius 3 is 2.57 bits per heavy atom. The molecule has 23 heavy (non-hydrogen) atoms. The number of esters is 1. The SMILES string of the molecule is CCOC(=O)C(CCCC1OCCO1)C(=O)Cc1ccccc1. The van der Waals surface area contributed by atoms with E-state index in [0.29, 0.717) is 32.5 Å². The number of hydrogen-bond acceptors (Lipinski definition) is 5. The van der Waals surface area contributed by atoms with Gasteiger partial charge in [0.15, 0.2) is 12.1 Å². The monoisotopic (exact) mass is 320 g/mol. The van der Waals surface area contributed by atoms with Crippen LogP contribution in [0, 0.1) is 5.92 Å². The Balaban J connectivity index is 1.89. The van der Waals surface area contributed by atoms with Crippen LogP contribution >= 0.6 is 0 Å². The summed E-state index contributed by atoms with van der Waals surface area (Å²) in [6.07, 6.45) is 1.89. The first kappa shape index (κ1) is 17.6. The molecule has 1 fully saturated rings. The third kappa shape index (κ3) is 5.77. The Kier molecular flexibility index (Phi) is 7.23. The summed E-state index contributed by atoms with van der Waals surface area (Å²) in [5, 5.41) is 0. The summed E-state index contributed by atoms with van der Waals surface area (Å²) >= 11 is 0. The van der Waals surface area contributed by atoms with E-state index in [1.54, 1.807) is 6.92 Å². The Hall–Kier alpha value is -1.72. The van der Waals surface area contributed by atoms with Crippen LogP contribution in [0.5, 0.6) is 0 Å². The van der Waals surface area contributed by atoms with Gasteiger partial charge in [0.05, 0.1) is 19.8 Å². The third-order valence-corrected chi connectivity index (χ3v) is 3.80. The molecule has 0 amide bonds. The van der Waals surface area contributed by atoms with Crippen LogP contribution in [0.4, 0.5) is 0 Å². The summed E-state index contributed by atoms with van der Waals surface area (Å²) in [5.74, 6) is -1.24. The second-order valence-corrected chi connectivity index (χ2v) is 5.54. The van der Waals surface area contributed by atoms with Gasteiger partial charge in [0.2, 0.25) is 0 Å². The molecule has 5 heteroatoms. The number of rotatable bonds is 9. The molecule has 0 aliphatic carbocycles. The van der Waals surface area contributed by atoms with Crippen LogP contribution in [0.1, 0.15) is 31.7 Å². The van der Waals surface area contributed by atoms with E-state index in [1.807, 2.05) is 30.3 Å². The van der Waals surface area contributed by atoms with Crippen LogP contribution < -0.4 is 0 Å². The van der Waals surface area contributed by atoms with Crippen molar-refractivity contribution in [2.75, 3.05) is 19.8 Å². The molecular formula is C18H24O5. The van der Waals surface area contributed by atoms with Gasteiger partial charge in [-0.1, -0.05) is 30.3 Å². The van der Waals surface area contributed by atoms with Gasteiger partial charge < -0.3 is 14.2 Å². The Bertz CT molecular complexity index is 493. The number of ether oxygens (including phenoxy) is 3. The van der Waals surface area contributed by atoms with Crippen molar-refractivity contribution in [2.45, 2.75) is 38.9 Å². The molecule has 1 aromatic carbocycles. The van der Waals surface area contributed by atoms with Crippen molar-refractivity contribution in [1.82, 2.24) is 0 Å². The number of benzene rings is 1. The molecule has 0 bridgehead atoms. The van der Waals surface area contributed by atoms with E-state index < -0.39 is 11.9 Å². The van der Waals surface area contributed by atoms with E-state index >= 15 is 0 Å². The largest absolute Gasteiger partial charge is 0.465 e. The summed E-state index contributed by atoms with van der Waals surface area (Å²) in [5.41, 5.74) is 0.911. The molecule has 2 rings (SSSR count). The van der Waals surface area contributed by atoms with Crippen molar-refractivity contribution in [3.05, 3.63) is 35.9 Å². The highest BCUT2D eigenvalue weighted by Crippen LogP contribution is 2.18. The number of Topliss-reactive ketones (excluding diaryl/α,β-unsaturated/α-hetero) is 1. The second-order valence-electron chi connectivity index (χ2n) is 5.54. The standard InChI is InChI=1S/C18H24O5/c1-2-21-18(20)15(9-6-10-17-22-11-12-23-17)16(19)13-14-7-4-3-5-8-14/h3-5,7-8,15,17H,2,6,9-13H2,1H3. The minimum absolute atomic E-state index is 0.0945. The average molecular weight is 320 g/mol. The zero-order valence-electron chi connectivity index (χ0n) is 13.5. The van der Waals surface area contributed by atoms with E-state index in [2.05, 4.69) is 0 Å². The molecule has 0 N–H and O–H groups in total. The molecule has 1 heterocycles. The molecule has 5 nitrogen and oxygen atoms in total. The molecule has 1 aromatic rings. The zero-order chi connectivity index (χ0) is 16.5. The average Bonchev–Trinajstić information content (AvgIpc) is 3.06. The van der Waals surface area contributed by atoms with Gasteiger partial charge in [0.1, 0.15) is 5.92 Å². The van der Waals surface area contributed by atoms with Gasteiger partial charge in [0, 0.05) is 6.42 Å². The third-order valence-electron chi connectivity index (χ3n) is 3.80. The lowest BCUT2D eigenvalue weighted by Gasteiger charge is -2.15. The molecule has 0 spiro atoms. The molecule has 1 atom stereocenters. The Labute approximate surface area is 136 Å². The maximum atomic E-state index is 12.5. The van der Waals surface area contributed by atoms with E-state index in [1.165, 1.54) is 0 Å². The normalized spacial score (nSPS) is 16.2. The Morgan fingerprint density at radius 2 is 1.91 bits per heavy atom. The van der Waals surface area contributed by atoms with Gasteiger partial charge in [-0.15, -0.1) is 0 Å². The topological polar surface area (TPSA) is 61.8 Å². The summed E-state index contributed by atoms with van der Waals surface area (Å²) < 4.78 is 15.8. The molecule has 1 aliphatic heterocycles. The van der Waals surface area contributed by atoms with Crippen molar-refractivity contribution in [3.63, 3.8) is 0 Å². The molecular weight excluding hydrogens is 296 g/mol. The molecule has 1 saturated heterocycles. The first-order chi connectivity index (χ1) is 11.2. The lowest BCUT2D eigenvalue weighted by Crippen LogP contribution is -2.28.